The number of allylic oxidation sites excluding steroid dienone is 4. The predicted octanol–water partition coefficient (Wildman–Crippen LogP) is 3.37. The van der Waals surface area contributed by atoms with Gasteiger partial charge in [0.2, 0.25) is 0 Å². The summed E-state index contributed by atoms with van der Waals surface area (Å²) in [6, 6.07) is 1.68. The van der Waals surface area contributed by atoms with Crippen molar-refractivity contribution in [3.63, 3.8) is 0 Å². The smallest absolute Gasteiger partial charge is 0.312 e. The Morgan fingerprint density at radius 3 is 2.70 bits per heavy atom. The lowest BCUT2D eigenvalue weighted by atomic mass is 9.90. The first-order chi connectivity index (χ1) is 9.49. The molecule has 1 aliphatic rings. The molecule has 1 aromatic rings. The second-order valence-electron chi connectivity index (χ2n) is 4.81. The van der Waals surface area contributed by atoms with Crippen LogP contribution in [0.1, 0.15) is 31.1 Å². The predicted molar refractivity (Wildman–Crippen MR) is 78.9 cm³/mol. The van der Waals surface area contributed by atoms with E-state index in [1.807, 2.05) is 13.8 Å². The van der Waals surface area contributed by atoms with E-state index in [0.717, 1.165) is 0 Å². The van der Waals surface area contributed by atoms with Gasteiger partial charge in [-0.05, 0) is 42.0 Å². The van der Waals surface area contributed by atoms with Gasteiger partial charge >= 0.3 is 5.97 Å². The highest BCUT2D eigenvalue weighted by Crippen LogP contribution is 2.19. The van der Waals surface area contributed by atoms with Gasteiger partial charge in [0.05, 0.1) is 5.56 Å². The van der Waals surface area contributed by atoms with Gasteiger partial charge in [0.15, 0.2) is 5.78 Å². The molecule has 1 heterocycles. The van der Waals surface area contributed by atoms with Crippen LogP contribution in [0.5, 0.6) is 0 Å². The number of thiophene rings is 1. The van der Waals surface area contributed by atoms with Crippen molar-refractivity contribution in [2.24, 2.45) is 11.1 Å². The molecule has 0 radical (unpaired) electrons. The first-order valence-corrected chi connectivity index (χ1v) is 7.19. The molecule has 104 valence electrons. The van der Waals surface area contributed by atoms with Gasteiger partial charge in [-0.2, -0.15) is 11.3 Å². The number of oxime groups is 1. The molecule has 0 fully saturated rings. The summed E-state index contributed by atoms with van der Waals surface area (Å²) in [7, 11) is 0. The molecule has 0 spiro atoms. The molecule has 1 aromatic heterocycles. The van der Waals surface area contributed by atoms with Gasteiger partial charge in [-0.25, -0.2) is 4.79 Å². The van der Waals surface area contributed by atoms with Crippen LogP contribution in [-0.4, -0.2) is 17.5 Å². The summed E-state index contributed by atoms with van der Waals surface area (Å²) in [5, 5.41) is 7.36. The van der Waals surface area contributed by atoms with Crippen molar-refractivity contribution >= 4 is 28.8 Å². The third kappa shape index (κ3) is 3.11. The number of hydrogen-bond acceptors (Lipinski definition) is 5. The standard InChI is InChI=1S/C15H15NO3S/c1-9(2)12-7-13(10(3)6-14(12)17)16-19-15(18)11-4-5-20-8-11/h4-9H,1-3H3/b16-13+. The highest BCUT2D eigenvalue weighted by molar-refractivity contribution is 7.08. The Morgan fingerprint density at radius 2 is 2.10 bits per heavy atom. The van der Waals surface area contributed by atoms with E-state index in [0.29, 0.717) is 22.4 Å². The monoisotopic (exact) mass is 289 g/mol. The number of rotatable bonds is 3. The second kappa shape index (κ2) is 5.96. The molecule has 0 bridgehead atoms. The zero-order valence-corrected chi connectivity index (χ0v) is 12.4. The van der Waals surface area contributed by atoms with Crippen LogP contribution < -0.4 is 0 Å². The lowest BCUT2D eigenvalue weighted by Gasteiger charge is -2.14. The maximum atomic E-state index is 11.8. The molecule has 0 N–H and O–H groups in total. The number of ketones is 1. The van der Waals surface area contributed by atoms with Crippen molar-refractivity contribution in [2.75, 3.05) is 0 Å². The first-order valence-electron chi connectivity index (χ1n) is 6.25. The lowest BCUT2D eigenvalue weighted by molar-refractivity contribution is -0.111. The van der Waals surface area contributed by atoms with E-state index >= 15 is 0 Å². The molecule has 0 amide bonds. The number of hydrogen-bond donors (Lipinski definition) is 0. The molecule has 0 saturated carbocycles. The van der Waals surface area contributed by atoms with E-state index in [1.54, 1.807) is 29.8 Å². The SMILES string of the molecule is CC1=CC(=O)C(C(C)C)=C/C1=N\OC(=O)c1ccsc1. The van der Waals surface area contributed by atoms with Crippen molar-refractivity contribution in [1.29, 1.82) is 0 Å². The van der Waals surface area contributed by atoms with Crippen LogP contribution in [0.4, 0.5) is 0 Å². The Morgan fingerprint density at radius 1 is 1.35 bits per heavy atom. The van der Waals surface area contributed by atoms with Crippen molar-refractivity contribution < 1.29 is 14.4 Å². The van der Waals surface area contributed by atoms with Gasteiger partial charge in [0.25, 0.3) is 0 Å². The summed E-state index contributed by atoms with van der Waals surface area (Å²) in [5.74, 6) is -0.409. The topological polar surface area (TPSA) is 55.7 Å². The fourth-order valence-electron chi connectivity index (χ4n) is 1.76. The van der Waals surface area contributed by atoms with Crippen LogP contribution in [-0.2, 0) is 9.63 Å². The van der Waals surface area contributed by atoms with Crippen molar-refractivity contribution in [3.8, 4) is 0 Å². The maximum absolute atomic E-state index is 11.8. The molecule has 1 aliphatic carbocycles. The highest BCUT2D eigenvalue weighted by atomic mass is 32.1. The molecule has 0 saturated heterocycles. The molecule has 0 aromatic carbocycles. The molecule has 5 heteroatoms. The van der Waals surface area contributed by atoms with E-state index in [9.17, 15) is 9.59 Å². The normalized spacial score (nSPS) is 17.2. The fraction of sp³-hybridized carbons (Fsp3) is 0.267. The van der Waals surface area contributed by atoms with Gasteiger partial charge in [0, 0.05) is 11.0 Å². The average Bonchev–Trinajstić information content (AvgIpc) is 2.90. The lowest BCUT2D eigenvalue weighted by Crippen LogP contribution is -2.16. The van der Waals surface area contributed by atoms with Crippen molar-refractivity contribution in [3.05, 3.63) is 45.7 Å². The quantitative estimate of drug-likeness (QED) is 0.487. The molecular formula is C15H15NO3S. The zero-order chi connectivity index (χ0) is 14.7. The Hall–Kier alpha value is -2.01. The highest BCUT2D eigenvalue weighted by Gasteiger charge is 2.19. The minimum Gasteiger partial charge on any atom is -0.312 e. The van der Waals surface area contributed by atoms with Crippen molar-refractivity contribution in [1.82, 2.24) is 0 Å². The number of nitrogens with zero attached hydrogens (tertiary/aromatic N) is 1. The summed E-state index contributed by atoms with van der Waals surface area (Å²) in [5.41, 5.74) is 2.34. The van der Waals surface area contributed by atoms with Crippen LogP contribution >= 0.6 is 11.3 Å². The Labute approximate surface area is 121 Å². The van der Waals surface area contributed by atoms with Crippen molar-refractivity contribution in [2.45, 2.75) is 20.8 Å². The van der Waals surface area contributed by atoms with E-state index < -0.39 is 5.97 Å². The Bertz CT molecular complexity index is 622. The van der Waals surface area contributed by atoms with E-state index in [-0.39, 0.29) is 11.7 Å². The number of carbonyl (C=O) groups is 2. The maximum Gasteiger partial charge on any atom is 0.366 e. The van der Waals surface area contributed by atoms with Gasteiger partial charge in [-0.3, -0.25) is 4.79 Å². The Balaban J connectivity index is 2.18. The van der Waals surface area contributed by atoms with Gasteiger partial charge in [0.1, 0.15) is 5.71 Å². The second-order valence-corrected chi connectivity index (χ2v) is 5.59. The van der Waals surface area contributed by atoms with Crippen LogP contribution in [0.15, 0.2) is 45.3 Å². The van der Waals surface area contributed by atoms with Crippen LogP contribution in [0.3, 0.4) is 0 Å². The van der Waals surface area contributed by atoms with E-state index in [4.69, 9.17) is 4.84 Å². The minimum atomic E-state index is -0.497. The van der Waals surface area contributed by atoms with Crippen LogP contribution in [0.25, 0.3) is 0 Å². The summed E-state index contributed by atoms with van der Waals surface area (Å²) >= 11 is 1.42. The molecule has 0 unspecified atom stereocenters. The largest absolute Gasteiger partial charge is 0.366 e. The summed E-state index contributed by atoms with van der Waals surface area (Å²) < 4.78 is 0. The average molecular weight is 289 g/mol. The molecule has 0 atom stereocenters. The summed E-state index contributed by atoms with van der Waals surface area (Å²) in [4.78, 5) is 28.4. The van der Waals surface area contributed by atoms with E-state index in [2.05, 4.69) is 5.16 Å². The van der Waals surface area contributed by atoms with Gasteiger partial charge in [-0.15, -0.1) is 0 Å². The number of carbonyl (C=O) groups excluding carboxylic acids is 2. The van der Waals surface area contributed by atoms with Crippen LogP contribution in [0.2, 0.25) is 0 Å². The van der Waals surface area contributed by atoms with Gasteiger partial charge in [-0.1, -0.05) is 19.0 Å². The van der Waals surface area contributed by atoms with Gasteiger partial charge < -0.3 is 4.84 Å². The third-order valence-corrected chi connectivity index (χ3v) is 3.62. The minimum absolute atomic E-state index is 0.0133. The molecule has 4 nitrogen and oxygen atoms in total. The molecule has 0 aliphatic heterocycles. The molecule has 20 heavy (non-hydrogen) atoms. The third-order valence-electron chi connectivity index (χ3n) is 2.93. The summed E-state index contributed by atoms with van der Waals surface area (Å²) in [6.07, 6.45) is 3.20. The zero-order valence-electron chi connectivity index (χ0n) is 11.5. The summed E-state index contributed by atoms with van der Waals surface area (Å²) in [6.45, 7) is 5.64. The first kappa shape index (κ1) is 14.4. The molecule has 2 rings (SSSR count). The van der Waals surface area contributed by atoms with E-state index in [1.165, 1.54) is 17.4 Å². The van der Waals surface area contributed by atoms with Crippen LogP contribution in [0, 0.1) is 5.92 Å². The fourth-order valence-corrected chi connectivity index (χ4v) is 2.38. The Kier molecular flexibility index (Phi) is 4.29. The molecular weight excluding hydrogens is 274 g/mol.